The van der Waals surface area contributed by atoms with Crippen molar-refractivity contribution in [3.63, 3.8) is 0 Å². The Bertz CT molecular complexity index is 539. The molecule has 1 saturated heterocycles. The summed E-state index contributed by atoms with van der Waals surface area (Å²) < 4.78 is 10.5. The van der Waals surface area contributed by atoms with Crippen molar-refractivity contribution in [3.05, 3.63) is 24.3 Å². The van der Waals surface area contributed by atoms with Crippen molar-refractivity contribution in [1.29, 1.82) is 0 Å². The van der Waals surface area contributed by atoms with Gasteiger partial charge in [0, 0.05) is 19.0 Å². The molecule has 23 heavy (non-hydrogen) atoms. The predicted octanol–water partition coefficient (Wildman–Crippen LogP) is 2.89. The molecule has 0 aliphatic carbocycles. The van der Waals surface area contributed by atoms with Crippen molar-refractivity contribution in [1.82, 2.24) is 4.90 Å². The van der Waals surface area contributed by atoms with Crippen molar-refractivity contribution >= 4 is 17.7 Å². The summed E-state index contributed by atoms with van der Waals surface area (Å²) in [6.07, 6.45) is 0.983. The Labute approximate surface area is 136 Å². The van der Waals surface area contributed by atoms with Gasteiger partial charge in [0.15, 0.2) is 0 Å². The number of benzene rings is 1. The van der Waals surface area contributed by atoms with Gasteiger partial charge in [0.25, 0.3) is 0 Å². The zero-order valence-electron chi connectivity index (χ0n) is 13.7. The second-order valence-corrected chi connectivity index (χ2v) is 5.38. The van der Waals surface area contributed by atoms with Gasteiger partial charge in [-0.1, -0.05) is 12.1 Å². The van der Waals surface area contributed by atoms with Crippen LogP contribution in [0.5, 0.6) is 5.75 Å². The molecule has 1 aromatic carbocycles. The van der Waals surface area contributed by atoms with Crippen LogP contribution in [0.15, 0.2) is 24.3 Å². The molecule has 0 unspecified atom stereocenters. The van der Waals surface area contributed by atoms with E-state index in [9.17, 15) is 9.59 Å². The minimum Gasteiger partial charge on any atom is -0.492 e. The molecule has 0 saturated carbocycles. The van der Waals surface area contributed by atoms with E-state index >= 15 is 0 Å². The number of anilines is 1. The summed E-state index contributed by atoms with van der Waals surface area (Å²) in [5.41, 5.74) is 0.687. The summed E-state index contributed by atoms with van der Waals surface area (Å²) >= 11 is 0. The normalized spacial score (nSPS) is 15.1. The maximum atomic E-state index is 12.4. The van der Waals surface area contributed by atoms with Gasteiger partial charge in [-0.2, -0.15) is 0 Å². The van der Waals surface area contributed by atoms with Gasteiger partial charge in [0.05, 0.1) is 18.9 Å². The number of hydrogen-bond acceptors (Lipinski definition) is 4. The van der Waals surface area contributed by atoms with Gasteiger partial charge in [0.2, 0.25) is 5.91 Å². The molecule has 2 amide bonds. The fourth-order valence-electron chi connectivity index (χ4n) is 2.63. The number of hydrogen-bond donors (Lipinski definition) is 1. The van der Waals surface area contributed by atoms with Gasteiger partial charge >= 0.3 is 6.09 Å². The van der Waals surface area contributed by atoms with Crippen LogP contribution in [0, 0.1) is 5.92 Å². The summed E-state index contributed by atoms with van der Waals surface area (Å²) in [6.45, 7) is 5.70. The van der Waals surface area contributed by atoms with Crippen molar-refractivity contribution < 1.29 is 19.1 Å². The molecular formula is C17H24N2O4. The molecule has 0 aromatic heterocycles. The lowest BCUT2D eigenvalue weighted by Gasteiger charge is -2.30. The first-order chi connectivity index (χ1) is 11.2. The third-order valence-electron chi connectivity index (χ3n) is 3.84. The van der Waals surface area contributed by atoms with Crippen molar-refractivity contribution in [3.8, 4) is 5.75 Å². The van der Waals surface area contributed by atoms with E-state index in [0.717, 1.165) is 0 Å². The molecule has 0 bridgehead atoms. The second kappa shape index (κ2) is 8.41. The van der Waals surface area contributed by atoms with E-state index in [1.807, 2.05) is 31.2 Å². The number of para-hydroxylation sites is 2. The maximum absolute atomic E-state index is 12.4. The molecule has 2 rings (SSSR count). The first-order valence-electron chi connectivity index (χ1n) is 8.10. The molecule has 6 nitrogen and oxygen atoms in total. The quantitative estimate of drug-likeness (QED) is 0.906. The summed E-state index contributed by atoms with van der Waals surface area (Å²) in [6, 6.07) is 7.40. The molecule has 0 spiro atoms. The van der Waals surface area contributed by atoms with Crippen molar-refractivity contribution in [2.24, 2.45) is 5.92 Å². The Kier molecular flexibility index (Phi) is 6.26. The molecule has 6 heteroatoms. The molecule has 1 heterocycles. The van der Waals surface area contributed by atoms with E-state index in [1.165, 1.54) is 0 Å². The molecule has 126 valence electrons. The number of nitrogens with zero attached hydrogens (tertiary/aromatic N) is 1. The van der Waals surface area contributed by atoms with Crippen LogP contribution in [0.1, 0.15) is 26.7 Å². The molecule has 1 fully saturated rings. The lowest BCUT2D eigenvalue weighted by molar-refractivity contribution is -0.121. The van der Waals surface area contributed by atoms with Crippen LogP contribution >= 0.6 is 0 Å². The standard InChI is InChI=1S/C17H24N2O4/c1-3-22-15-8-6-5-7-14(15)18-16(20)13-9-11-19(12-10-13)17(21)23-4-2/h5-8,13H,3-4,9-12H2,1-2H3,(H,18,20). The van der Waals surface area contributed by atoms with Crippen LogP contribution in [-0.4, -0.2) is 43.2 Å². The predicted molar refractivity (Wildman–Crippen MR) is 87.6 cm³/mol. The minimum absolute atomic E-state index is 0.0272. The molecular weight excluding hydrogens is 296 g/mol. The van der Waals surface area contributed by atoms with Crippen LogP contribution < -0.4 is 10.1 Å². The lowest BCUT2D eigenvalue weighted by Crippen LogP contribution is -2.41. The zero-order chi connectivity index (χ0) is 16.7. The maximum Gasteiger partial charge on any atom is 0.409 e. The number of ether oxygens (including phenoxy) is 2. The average Bonchev–Trinajstić information content (AvgIpc) is 2.57. The highest BCUT2D eigenvalue weighted by molar-refractivity contribution is 5.94. The summed E-state index contributed by atoms with van der Waals surface area (Å²) in [7, 11) is 0. The molecule has 1 aliphatic heterocycles. The van der Waals surface area contributed by atoms with E-state index in [-0.39, 0.29) is 17.9 Å². The number of rotatable bonds is 5. The summed E-state index contributed by atoms with van der Waals surface area (Å²) in [5.74, 6) is 0.545. The average molecular weight is 320 g/mol. The lowest BCUT2D eigenvalue weighted by atomic mass is 9.96. The number of carbonyl (C=O) groups is 2. The number of nitrogens with one attached hydrogen (secondary N) is 1. The third kappa shape index (κ3) is 4.61. The van der Waals surface area contributed by atoms with Gasteiger partial charge in [-0.15, -0.1) is 0 Å². The topological polar surface area (TPSA) is 67.9 Å². The van der Waals surface area contributed by atoms with E-state index in [2.05, 4.69) is 5.32 Å². The Balaban J connectivity index is 1.89. The molecule has 1 N–H and O–H groups in total. The molecule has 0 radical (unpaired) electrons. The smallest absolute Gasteiger partial charge is 0.409 e. The fraction of sp³-hybridized carbons (Fsp3) is 0.529. The van der Waals surface area contributed by atoms with Gasteiger partial charge in [-0.25, -0.2) is 4.79 Å². The van der Waals surface area contributed by atoms with Crippen LogP contribution in [0.4, 0.5) is 10.5 Å². The number of piperidine rings is 1. The molecule has 1 aromatic rings. The SMILES string of the molecule is CCOC(=O)N1CCC(C(=O)Nc2ccccc2OCC)CC1. The van der Waals surface area contributed by atoms with Crippen LogP contribution in [0.25, 0.3) is 0 Å². The monoisotopic (exact) mass is 320 g/mol. The van der Waals surface area contributed by atoms with Gasteiger partial charge in [-0.05, 0) is 38.8 Å². The first-order valence-corrected chi connectivity index (χ1v) is 8.10. The number of amides is 2. The third-order valence-corrected chi connectivity index (χ3v) is 3.84. The minimum atomic E-state index is -0.298. The van der Waals surface area contributed by atoms with E-state index in [0.29, 0.717) is 50.6 Å². The highest BCUT2D eigenvalue weighted by Crippen LogP contribution is 2.26. The van der Waals surface area contributed by atoms with Gasteiger partial charge in [-0.3, -0.25) is 4.79 Å². The Morgan fingerprint density at radius 2 is 1.87 bits per heavy atom. The first kappa shape index (κ1) is 17.1. The zero-order valence-corrected chi connectivity index (χ0v) is 13.7. The van der Waals surface area contributed by atoms with Crippen molar-refractivity contribution in [2.75, 3.05) is 31.6 Å². The summed E-state index contributed by atoms with van der Waals surface area (Å²) in [5, 5.41) is 2.94. The number of likely N-dealkylation sites (tertiary alicyclic amines) is 1. The van der Waals surface area contributed by atoms with Gasteiger partial charge < -0.3 is 19.7 Å². The van der Waals surface area contributed by atoms with Crippen LogP contribution in [-0.2, 0) is 9.53 Å². The largest absolute Gasteiger partial charge is 0.492 e. The Morgan fingerprint density at radius 3 is 2.52 bits per heavy atom. The van der Waals surface area contributed by atoms with Gasteiger partial charge in [0.1, 0.15) is 5.75 Å². The fourth-order valence-corrected chi connectivity index (χ4v) is 2.63. The second-order valence-electron chi connectivity index (χ2n) is 5.38. The van der Waals surface area contributed by atoms with Crippen molar-refractivity contribution in [2.45, 2.75) is 26.7 Å². The van der Waals surface area contributed by atoms with Crippen LogP contribution in [0.2, 0.25) is 0 Å². The molecule has 0 atom stereocenters. The summed E-state index contributed by atoms with van der Waals surface area (Å²) in [4.78, 5) is 25.7. The number of carbonyl (C=O) groups excluding carboxylic acids is 2. The Morgan fingerprint density at radius 1 is 1.17 bits per heavy atom. The van der Waals surface area contributed by atoms with E-state index in [1.54, 1.807) is 11.8 Å². The highest BCUT2D eigenvalue weighted by atomic mass is 16.6. The highest BCUT2D eigenvalue weighted by Gasteiger charge is 2.28. The Hall–Kier alpha value is -2.24. The molecule has 1 aliphatic rings. The van der Waals surface area contributed by atoms with E-state index < -0.39 is 0 Å². The van der Waals surface area contributed by atoms with E-state index in [4.69, 9.17) is 9.47 Å². The van der Waals surface area contributed by atoms with Crippen LogP contribution in [0.3, 0.4) is 0 Å².